The normalized spacial score (nSPS) is 19.0. The van der Waals surface area contributed by atoms with Crippen molar-refractivity contribution in [3.05, 3.63) is 59.2 Å². The number of nitrogens with zero attached hydrogens (tertiary/aromatic N) is 1. The van der Waals surface area contributed by atoms with Crippen LogP contribution in [0.4, 0.5) is 4.79 Å². The van der Waals surface area contributed by atoms with Crippen molar-refractivity contribution in [2.24, 2.45) is 0 Å². The molecule has 1 saturated heterocycles. The van der Waals surface area contributed by atoms with Crippen molar-refractivity contribution >= 4 is 28.8 Å². The van der Waals surface area contributed by atoms with Gasteiger partial charge in [-0.1, -0.05) is 13.8 Å². The number of hydrogen-bond acceptors (Lipinski definition) is 5. The highest BCUT2D eigenvalue weighted by Crippen LogP contribution is 2.30. The highest BCUT2D eigenvalue weighted by Gasteiger charge is 2.52. The second kappa shape index (κ2) is 7.05. The van der Waals surface area contributed by atoms with Gasteiger partial charge in [0.25, 0.3) is 5.91 Å². The second-order valence-corrected chi connectivity index (χ2v) is 8.01. The molecular weight excluding hydrogens is 386 g/mol. The van der Waals surface area contributed by atoms with Crippen LogP contribution >= 0.6 is 0 Å². The predicted molar refractivity (Wildman–Crippen MR) is 108 cm³/mol. The van der Waals surface area contributed by atoms with Crippen molar-refractivity contribution in [2.45, 2.75) is 45.6 Å². The highest BCUT2D eigenvalue weighted by molar-refractivity contribution is 6.08. The number of rotatable bonds is 5. The molecule has 1 unspecified atom stereocenters. The number of carbonyl (C=O) groups is 3. The largest absolute Gasteiger partial charge is 0.466 e. The fraction of sp³-hybridized carbons (Fsp3) is 0.318. The van der Waals surface area contributed by atoms with Gasteiger partial charge in [0.15, 0.2) is 5.54 Å². The van der Waals surface area contributed by atoms with Gasteiger partial charge >= 0.3 is 6.03 Å². The number of benzene rings is 1. The first-order valence-electron chi connectivity index (χ1n) is 9.71. The molecule has 0 bridgehead atoms. The zero-order chi connectivity index (χ0) is 21.6. The molecule has 1 fully saturated rings. The summed E-state index contributed by atoms with van der Waals surface area (Å²) in [6, 6.07) is 6.48. The quantitative estimate of drug-likeness (QED) is 0.628. The average molecular weight is 409 g/mol. The molecule has 1 aliphatic rings. The van der Waals surface area contributed by atoms with E-state index in [0.717, 1.165) is 10.9 Å². The minimum atomic E-state index is -1.38. The number of hydrogen-bond donors (Lipinski definition) is 2. The number of urea groups is 1. The van der Waals surface area contributed by atoms with Crippen molar-refractivity contribution in [3.8, 4) is 0 Å². The lowest BCUT2D eigenvalue weighted by molar-refractivity contribution is -0.139. The van der Waals surface area contributed by atoms with Gasteiger partial charge in [-0.3, -0.25) is 15.0 Å². The summed E-state index contributed by atoms with van der Waals surface area (Å²) in [4.78, 5) is 37.7. The van der Waals surface area contributed by atoms with Gasteiger partial charge in [-0.15, -0.1) is 0 Å². The molecule has 156 valence electrons. The Morgan fingerprint density at radius 1 is 1.27 bits per heavy atom. The fourth-order valence-electron chi connectivity index (χ4n) is 3.81. The molecule has 4 rings (SSSR count). The van der Waals surface area contributed by atoms with E-state index in [4.69, 9.17) is 8.83 Å². The van der Waals surface area contributed by atoms with Gasteiger partial charge in [0.2, 0.25) is 5.91 Å². The van der Waals surface area contributed by atoms with Crippen LogP contribution in [-0.2, 0) is 21.5 Å². The average Bonchev–Trinajstić information content (AvgIpc) is 3.39. The van der Waals surface area contributed by atoms with Crippen LogP contribution in [0.5, 0.6) is 0 Å². The second-order valence-electron chi connectivity index (χ2n) is 8.01. The molecule has 1 aliphatic heterocycles. The van der Waals surface area contributed by atoms with Gasteiger partial charge < -0.3 is 14.2 Å². The van der Waals surface area contributed by atoms with Crippen molar-refractivity contribution in [2.75, 3.05) is 0 Å². The number of amides is 4. The van der Waals surface area contributed by atoms with Crippen molar-refractivity contribution in [3.63, 3.8) is 0 Å². The molecule has 0 aliphatic carbocycles. The van der Waals surface area contributed by atoms with E-state index in [2.05, 4.69) is 24.6 Å². The number of fused-ring (bicyclic) bond motifs is 1. The minimum Gasteiger partial charge on any atom is -0.466 e. The van der Waals surface area contributed by atoms with E-state index < -0.39 is 23.4 Å². The maximum absolute atomic E-state index is 12.8. The van der Waals surface area contributed by atoms with E-state index in [-0.39, 0.29) is 12.2 Å². The standard InChI is InChI=1S/C22H23N3O5/c1-12(2)15-10-16-14(11-30-17(16)8-13(15)3)9-19(26)24-25-20(27)22(4,23-21(25)28)18-6-5-7-29-18/h5-8,10-12H,9H2,1-4H3,(H,23,28)(H,24,26). The Balaban J connectivity index is 1.53. The van der Waals surface area contributed by atoms with Crippen LogP contribution in [-0.4, -0.2) is 22.9 Å². The number of nitrogens with one attached hydrogen (secondary N) is 2. The first-order valence-corrected chi connectivity index (χ1v) is 9.71. The lowest BCUT2D eigenvalue weighted by atomic mass is 9.95. The summed E-state index contributed by atoms with van der Waals surface area (Å²) >= 11 is 0. The van der Waals surface area contributed by atoms with E-state index in [1.165, 1.54) is 25.0 Å². The fourth-order valence-corrected chi connectivity index (χ4v) is 3.81. The van der Waals surface area contributed by atoms with Crippen LogP contribution in [0.2, 0.25) is 0 Å². The SMILES string of the molecule is Cc1cc2occ(CC(=O)NN3C(=O)NC(C)(c4ccco4)C3=O)c2cc1C(C)C. The molecule has 8 nitrogen and oxygen atoms in total. The topological polar surface area (TPSA) is 105 Å². The van der Waals surface area contributed by atoms with E-state index in [9.17, 15) is 14.4 Å². The smallest absolute Gasteiger partial charge is 0.344 e. The van der Waals surface area contributed by atoms with Gasteiger partial charge in [-0.2, -0.15) is 5.01 Å². The Hall–Kier alpha value is -3.55. The van der Waals surface area contributed by atoms with E-state index in [0.29, 0.717) is 22.1 Å². The Morgan fingerprint density at radius 2 is 2.03 bits per heavy atom. The van der Waals surface area contributed by atoms with Gasteiger partial charge in [0.1, 0.15) is 11.3 Å². The summed E-state index contributed by atoms with van der Waals surface area (Å²) in [6.45, 7) is 7.76. The molecule has 2 aromatic heterocycles. The first kappa shape index (κ1) is 19.8. The Morgan fingerprint density at radius 3 is 2.70 bits per heavy atom. The Kier molecular flexibility index (Phi) is 4.64. The third-order valence-corrected chi connectivity index (χ3v) is 5.46. The van der Waals surface area contributed by atoms with E-state index in [1.54, 1.807) is 12.1 Å². The molecule has 0 saturated carbocycles. The third kappa shape index (κ3) is 3.14. The molecule has 3 aromatic rings. The highest BCUT2D eigenvalue weighted by atomic mass is 16.3. The zero-order valence-corrected chi connectivity index (χ0v) is 17.2. The lowest BCUT2D eigenvalue weighted by Crippen LogP contribution is -2.48. The number of aryl methyl sites for hydroxylation is 1. The molecule has 8 heteroatoms. The molecular formula is C22H23N3O5. The van der Waals surface area contributed by atoms with Crippen LogP contribution in [0.1, 0.15) is 49.1 Å². The molecule has 4 amide bonds. The Bertz CT molecular complexity index is 1150. The lowest BCUT2D eigenvalue weighted by Gasteiger charge is -2.19. The van der Waals surface area contributed by atoms with Gasteiger partial charge in [-0.05, 0) is 55.2 Å². The molecule has 30 heavy (non-hydrogen) atoms. The molecule has 0 spiro atoms. The summed E-state index contributed by atoms with van der Waals surface area (Å²) in [5.41, 5.74) is 4.70. The molecule has 2 N–H and O–H groups in total. The van der Waals surface area contributed by atoms with Crippen molar-refractivity contribution in [1.29, 1.82) is 0 Å². The predicted octanol–water partition coefficient (Wildman–Crippen LogP) is 3.50. The summed E-state index contributed by atoms with van der Waals surface area (Å²) in [5.74, 6) is -0.506. The van der Waals surface area contributed by atoms with Crippen LogP contribution in [0.3, 0.4) is 0 Å². The molecule has 0 radical (unpaired) electrons. The summed E-state index contributed by atoms with van der Waals surface area (Å²) in [7, 11) is 0. The first-order chi connectivity index (χ1) is 14.2. The van der Waals surface area contributed by atoms with E-state index >= 15 is 0 Å². The van der Waals surface area contributed by atoms with Gasteiger partial charge in [0.05, 0.1) is 18.9 Å². The number of furan rings is 2. The van der Waals surface area contributed by atoms with Gasteiger partial charge in [0, 0.05) is 10.9 Å². The maximum Gasteiger partial charge on any atom is 0.344 e. The van der Waals surface area contributed by atoms with Crippen LogP contribution in [0.25, 0.3) is 11.0 Å². The summed E-state index contributed by atoms with van der Waals surface area (Å²) in [5, 5.41) is 4.10. The zero-order valence-electron chi connectivity index (χ0n) is 17.2. The molecule has 1 aromatic carbocycles. The number of imide groups is 1. The molecule has 1 atom stereocenters. The monoisotopic (exact) mass is 409 g/mol. The van der Waals surface area contributed by atoms with Crippen molar-refractivity contribution < 1.29 is 23.2 Å². The minimum absolute atomic E-state index is 0.0396. The van der Waals surface area contributed by atoms with Crippen LogP contribution in [0.15, 0.2) is 45.6 Å². The third-order valence-electron chi connectivity index (χ3n) is 5.46. The summed E-state index contributed by atoms with van der Waals surface area (Å²) < 4.78 is 10.9. The Labute approximate surface area is 173 Å². The molecule has 3 heterocycles. The number of carbonyl (C=O) groups excluding carboxylic acids is 3. The summed E-state index contributed by atoms with van der Waals surface area (Å²) in [6.07, 6.45) is 2.91. The van der Waals surface area contributed by atoms with E-state index in [1.807, 2.05) is 19.1 Å². The maximum atomic E-state index is 12.8. The van der Waals surface area contributed by atoms with Crippen LogP contribution in [0, 0.1) is 6.92 Å². The number of hydrazine groups is 1. The van der Waals surface area contributed by atoms with Crippen LogP contribution < -0.4 is 10.7 Å². The van der Waals surface area contributed by atoms with Crippen molar-refractivity contribution in [1.82, 2.24) is 15.8 Å². The van der Waals surface area contributed by atoms with Gasteiger partial charge in [-0.25, -0.2) is 4.79 Å².